The van der Waals surface area contributed by atoms with Crippen LogP contribution < -0.4 is 10.5 Å². The molecule has 0 bridgehead atoms. The molecule has 2 N–H and O–H groups in total. The molecule has 0 spiro atoms. The Kier molecular flexibility index (Phi) is 2.95. The van der Waals surface area contributed by atoms with Crippen molar-refractivity contribution in [1.29, 1.82) is 0 Å². The lowest BCUT2D eigenvalue weighted by molar-refractivity contribution is 0.202. The van der Waals surface area contributed by atoms with E-state index < -0.39 is 35.2 Å². The van der Waals surface area contributed by atoms with Gasteiger partial charge in [-0.25, -0.2) is 8.78 Å². The van der Waals surface area contributed by atoms with Gasteiger partial charge in [0.1, 0.15) is 6.23 Å². The molecule has 1 aromatic rings. The summed E-state index contributed by atoms with van der Waals surface area (Å²) < 4.78 is 55.2. The van der Waals surface area contributed by atoms with Crippen molar-refractivity contribution in [3.63, 3.8) is 0 Å². The first-order valence-corrected chi connectivity index (χ1v) is 3.68. The third-order valence-electron chi connectivity index (χ3n) is 1.38. The van der Waals surface area contributed by atoms with Crippen LogP contribution in [0.1, 0.15) is 6.92 Å². The Balaban J connectivity index is 3.25. The van der Waals surface area contributed by atoms with Gasteiger partial charge in [0.05, 0.1) is 0 Å². The Bertz CT molecular complexity index is 327. The molecule has 0 heterocycles. The zero-order valence-corrected chi connectivity index (χ0v) is 7.15. The first-order chi connectivity index (χ1) is 6.43. The quantitative estimate of drug-likeness (QED) is 0.459. The fourth-order valence-corrected chi connectivity index (χ4v) is 0.841. The van der Waals surface area contributed by atoms with Crippen molar-refractivity contribution < 1.29 is 22.3 Å². The van der Waals surface area contributed by atoms with Crippen LogP contribution in [0.15, 0.2) is 6.07 Å². The molecule has 0 aromatic heterocycles. The predicted molar refractivity (Wildman–Crippen MR) is 40.6 cm³/mol. The van der Waals surface area contributed by atoms with Crippen LogP contribution in [0.25, 0.3) is 0 Å². The summed E-state index contributed by atoms with van der Waals surface area (Å²) in [6.07, 6.45) is -1.07. The zero-order chi connectivity index (χ0) is 10.9. The molecule has 78 valence electrons. The van der Waals surface area contributed by atoms with Gasteiger partial charge in [0.2, 0.25) is 11.6 Å². The maximum atomic E-state index is 12.8. The van der Waals surface area contributed by atoms with Gasteiger partial charge in [-0.2, -0.15) is 8.78 Å². The number of ether oxygens (including phenoxy) is 1. The minimum atomic E-state index is -1.60. The molecule has 0 radical (unpaired) electrons. The molecular formula is C8H7F4NO. The van der Waals surface area contributed by atoms with Crippen LogP contribution in [0.4, 0.5) is 17.6 Å². The van der Waals surface area contributed by atoms with Crippen LogP contribution in [0.5, 0.6) is 5.75 Å². The monoisotopic (exact) mass is 209 g/mol. The minimum Gasteiger partial charge on any atom is -0.469 e. The highest BCUT2D eigenvalue weighted by molar-refractivity contribution is 5.28. The van der Waals surface area contributed by atoms with Crippen LogP contribution >= 0.6 is 0 Å². The van der Waals surface area contributed by atoms with Gasteiger partial charge >= 0.3 is 0 Å². The highest BCUT2D eigenvalue weighted by Gasteiger charge is 2.21. The molecule has 0 fully saturated rings. The van der Waals surface area contributed by atoms with Crippen LogP contribution in [-0.4, -0.2) is 6.23 Å². The first kappa shape index (κ1) is 10.8. The van der Waals surface area contributed by atoms with Crippen LogP contribution in [0.2, 0.25) is 0 Å². The Hall–Kier alpha value is -1.30. The van der Waals surface area contributed by atoms with E-state index in [0.29, 0.717) is 0 Å². The van der Waals surface area contributed by atoms with Crippen molar-refractivity contribution in [3.05, 3.63) is 29.3 Å². The lowest BCUT2D eigenvalue weighted by Gasteiger charge is -2.11. The summed E-state index contributed by atoms with van der Waals surface area (Å²) in [5.74, 6) is -7.39. The Morgan fingerprint density at radius 1 is 1.14 bits per heavy atom. The van der Waals surface area contributed by atoms with Gasteiger partial charge in [0.15, 0.2) is 17.4 Å². The summed E-state index contributed by atoms with van der Waals surface area (Å²) in [6, 6.07) is 0.0959. The topological polar surface area (TPSA) is 35.2 Å². The standard InChI is InChI=1S/C8H7F4NO/c1-3(13)14-8-6(11)4(9)2-5(10)7(8)12/h2-3H,13H2,1H3. The third kappa shape index (κ3) is 1.95. The molecule has 0 saturated heterocycles. The van der Waals surface area contributed by atoms with Gasteiger partial charge in [-0.15, -0.1) is 0 Å². The van der Waals surface area contributed by atoms with E-state index in [2.05, 4.69) is 4.74 Å². The molecule has 1 aromatic carbocycles. The van der Waals surface area contributed by atoms with Gasteiger partial charge < -0.3 is 4.74 Å². The SMILES string of the molecule is CC(N)Oc1c(F)c(F)cc(F)c1F. The Morgan fingerprint density at radius 3 is 1.93 bits per heavy atom. The summed E-state index contributed by atoms with van der Waals surface area (Å²) in [5.41, 5.74) is 5.06. The lowest BCUT2D eigenvalue weighted by atomic mass is 10.3. The van der Waals surface area contributed by atoms with Crippen LogP contribution in [-0.2, 0) is 0 Å². The van der Waals surface area contributed by atoms with E-state index in [0.717, 1.165) is 0 Å². The van der Waals surface area contributed by atoms with E-state index in [-0.39, 0.29) is 6.07 Å². The number of benzene rings is 1. The fourth-order valence-electron chi connectivity index (χ4n) is 0.841. The maximum Gasteiger partial charge on any atom is 0.203 e. The van der Waals surface area contributed by atoms with Gasteiger partial charge in [0, 0.05) is 6.07 Å². The van der Waals surface area contributed by atoms with Gasteiger partial charge in [-0.1, -0.05) is 0 Å². The van der Waals surface area contributed by atoms with E-state index in [1.54, 1.807) is 0 Å². The molecule has 0 aliphatic carbocycles. The largest absolute Gasteiger partial charge is 0.469 e. The molecule has 6 heteroatoms. The average Bonchev–Trinajstić information content (AvgIpc) is 2.09. The van der Waals surface area contributed by atoms with Crippen LogP contribution in [0, 0.1) is 23.3 Å². The second-order valence-corrected chi connectivity index (χ2v) is 2.62. The Morgan fingerprint density at radius 2 is 1.57 bits per heavy atom. The number of nitrogens with two attached hydrogens (primary N) is 1. The molecule has 14 heavy (non-hydrogen) atoms. The van der Waals surface area contributed by atoms with Gasteiger partial charge in [0.25, 0.3) is 0 Å². The summed E-state index contributed by atoms with van der Waals surface area (Å²) in [5, 5.41) is 0. The van der Waals surface area contributed by atoms with E-state index >= 15 is 0 Å². The molecule has 0 saturated carbocycles. The predicted octanol–water partition coefficient (Wildman–Crippen LogP) is 1.93. The second-order valence-electron chi connectivity index (χ2n) is 2.62. The number of rotatable bonds is 2. The number of hydrogen-bond donors (Lipinski definition) is 1. The third-order valence-corrected chi connectivity index (χ3v) is 1.38. The molecule has 1 unspecified atom stereocenters. The summed E-state index contributed by atoms with van der Waals surface area (Å²) in [6.45, 7) is 1.27. The highest BCUT2D eigenvalue weighted by atomic mass is 19.2. The minimum absolute atomic E-state index is 0.0959. The molecule has 0 amide bonds. The van der Waals surface area contributed by atoms with Crippen molar-refractivity contribution in [2.24, 2.45) is 5.73 Å². The normalized spacial score (nSPS) is 12.7. The maximum absolute atomic E-state index is 12.8. The summed E-state index contributed by atoms with van der Waals surface area (Å²) >= 11 is 0. The van der Waals surface area contributed by atoms with Gasteiger partial charge in [-0.3, -0.25) is 5.73 Å². The zero-order valence-electron chi connectivity index (χ0n) is 7.15. The van der Waals surface area contributed by atoms with Crippen molar-refractivity contribution in [3.8, 4) is 5.75 Å². The van der Waals surface area contributed by atoms with E-state index in [4.69, 9.17) is 5.73 Å². The molecule has 0 aliphatic rings. The molecular weight excluding hydrogens is 202 g/mol. The fraction of sp³-hybridized carbons (Fsp3) is 0.250. The Labute approximate surface area is 77.3 Å². The van der Waals surface area contributed by atoms with E-state index in [1.165, 1.54) is 6.92 Å². The highest BCUT2D eigenvalue weighted by Crippen LogP contribution is 2.26. The number of hydrogen-bond acceptors (Lipinski definition) is 2. The van der Waals surface area contributed by atoms with Crippen molar-refractivity contribution in [1.82, 2.24) is 0 Å². The summed E-state index contributed by atoms with van der Waals surface area (Å²) in [7, 11) is 0. The molecule has 2 nitrogen and oxygen atoms in total. The smallest absolute Gasteiger partial charge is 0.203 e. The van der Waals surface area contributed by atoms with Crippen molar-refractivity contribution >= 4 is 0 Å². The second kappa shape index (κ2) is 3.83. The first-order valence-electron chi connectivity index (χ1n) is 3.68. The van der Waals surface area contributed by atoms with Crippen LogP contribution in [0.3, 0.4) is 0 Å². The average molecular weight is 209 g/mol. The number of halogens is 4. The summed E-state index contributed by atoms with van der Waals surface area (Å²) in [4.78, 5) is 0. The van der Waals surface area contributed by atoms with Crippen molar-refractivity contribution in [2.45, 2.75) is 13.2 Å². The molecule has 1 rings (SSSR count). The lowest BCUT2D eigenvalue weighted by Crippen LogP contribution is -2.24. The molecule has 1 atom stereocenters. The molecule has 0 aliphatic heterocycles. The van der Waals surface area contributed by atoms with Gasteiger partial charge in [-0.05, 0) is 6.92 Å². The van der Waals surface area contributed by atoms with Crippen molar-refractivity contribution in [2.75, 3.05) is 0 Å². The van der Waals surface area contributed by atoms with E-state index in [1.807, 2.05) is 0 Å². The van der Waals surface area contributed by atoms with E-state index in [9.17, 15) is 17.6 Å².